The minimum Gasteiger partial charge on any atom is -0.508 e. The SMILES string of the molecule is C=C(O)c1ccc(C(=O)c2ccc(N3CCCCC3)s2)cc1. The Morgan fingerprint density at radius 3 is 2.27 bits per heavy atom. The fourth-order valence-electron chi connectivity index (χ4n) is 2.69. The maximum absolute atomic E-state index is 12.5. The van der Waals surface area contributed by atoms with Crippen LogP contribution in [0.15, 0.2) is 43.0 Å². The second kappa shape index (κ2) is 6.36. The lowest BCUT2D eigenvalue weighted by Crippen LogP contribution is -2.28. The van der Waals surface area contributed by atoms with Gasteiger partial charge in [-0.1, -0.05) is 30.8 Å². The normalized spacial score (nSPS) is 14.8. The first kappa shape index (κ1) is 14.9. The van der Waals surface area contributed by atoms with E-state index in [0.29, 0.717) is 11.1 Å². The molecule has 1 saturated heterocycles. The average Bonchev–Trinajstić information content (AvgIpc) is 3.05. The number of rotatable bonds is 4. The molecule has 1 N–H and O–H groups in total. The summed E-state index contributed by atoms with van der Waals surface area (Å²) < 4.78 is 0. The molecule has 0 unspecified atom stereocenters. The van der Waals surface area contributed by atoms with Gasteiger partial charge in [-0.15, -0.1) is 11.3 Å². The minimum absolute atomic E-state index is 0.0162. The van der Waals surface area contributed by atoms with Gasteiger partial charge in [0.25, 0.3) is 0 Å². The zero-order chi connectivity index (χ0) is 15.5. The Hall–Kier alpha value is -2.07. The topological polar surface area (TPSA) is 40.5 Å². The molecule has 2 aromatic rings. The standard InChI is InChI=1S/C18H19NO2S/c1-13(20)14-5-7-15(8-6-14)18(21)16-9-10-17(22-16)19-11-3-2-4-12-19/h5-10,20H,1-4,11-12H2. The van der Waals surface area contributed by atoms with Crippen molar-refractivity contribution in [3.05, 3.63) is 59.0 Å². The quantitative estimate of drug-likeness (QED) is 0.667. The van der Waals surface area contributed by atoms with Crippen molar-refractivity contribution >= 4 is 27.9 Å². The van der Waals surface area contributed by atoms with Crippen molar-refractivity contribution in [3.63, 3.8) is 0 Å². The zero-order valence-corrected chi connectivity index (χ0v) is 13.2. The number of carbonyl (C=O) groups is 1. The van der Waals surface area contributed by atoms with Crippen molar-refractivity contribution in [2.75, 3.05) is 18.0 Å². The summed E-state index contributed by atoms with van der Waals surface area (Å²) in [5.74, 6) is 0.0471. The number of nitrogens with zero attached hydrogens (tertiary/aromatic N) is 1. The summed E-state index contributed by atoms with van der Waals surface area (Å²) in [6.07, 6.45) is 3.76. The van der Waals surface area contributed by atoms with Gasteiger partial charge < -0.3 is 10.0 Å². The number of carbonyl (C=O) groups excluding carboxylic acids is 1. The van der Waals surface area contributed by atoms with Crippen LogP contribution in [0.1, 0.15) is 40.1 Å². The average molecular weight is 313 g/mol. The third-order valence-corrected chi connectivity index (χ3v) is 5.11. The van der Waals surface area contributed by atoms with Gasteiger partial charge in [-0.2, -0.15) is 0 Å². The van der Waals surface area contributed by atoms with E-state index in [1.807, 2.05) is 12.1 Å². The molecule has 3 nitrogen and oxygen atoms in total. The van der Waals surface area contributed by atoms with E-state index in [4.69, 9.17) is 0 Å². The summed E-state index contributed by atoms with van der Waals surface area (Å²) in [4.78, 5) is 15.7. The van der Waals surface area contributed by atoms with E-state index in [0.717, 1.165) is 18.0 Å². The summed E-state index contributed by atoms with van der Waals surface area (Å²) in [6, 6.07) is 10.9. The summed E-state index contributed by atoms with van der Waals surface area (Å²) in [7, 11) is 0. The number of piperidine rings is 1. The molecule has 1 aliphatic rings. The highest BCUT2D eigenvalue weighted by Gasteiger charge is 2.16. The van der Waals surface area contributed by atoms with Crippen LogP contribution in [0.2, 0.25) is 0 Å². The Balaban J connectivity index is 1.77. The number of thiophene rings is 1. The fraction of sp³-hybridized carbons (Fsp3) is 0.278. The van der Waals surface area contributed by atoms with E-state index in [9.17, 15) is 9.90 Å². The van der Waals surface area contributed by atoms with Crippen molar-refractivity contribution in [1.82, 2.24) is 0 Å². The monoisotopic (exact) mass is 313 g/mol. The van der Waals surface area contributed by atoms with Crippen LogP contribution in [0, 0.1) is 0 Å². The molecule has 0 saturated carbocycles. The molecule has 3 rings (SSSR count). The van der Waals surface area contributed by atoms with Gasteiger partial charge in [0.1, 0.15) is 5.76 Å². The van der Waals surface area contributed by atoms with Crippen LogP contribution in [-0.2, 0) is 0 Å². The molecule has 22 heavy (non-hydrogen) atoms. The Morgan fingerprint density at radius 1 is 1.00 bits per heavy atom. The molecule has 0 aliphatic carbocycles. The van der Waals surface area contributed by atoms with Gasteiger partial charge >= 0.3 is 0 Å². The lowest BCUT2D eigenvalue weighted by Gasteiger charge is -2.27. The summed E-state index contributed by atoms with van der Waals surface area (Å²) in [5, 5.41) is 10.5. The van der Waals surface area contributed by atoms with Crippen LogP contribution >= 0.6 is 11.3 Å². The second-order valence-corrected chi connectivity index (χ2v) is 6.60. The minimum atomic E-state index is 0.0162. The Morgan fingerprint density at radius 2 is 1.64 bits per heavy atom. The maximum atomic E-state index is 12.5. The molecule has 1 aromatic heterocycles. The van der Waals surface area contributed by atoms with Crippen molar-refractivity contribution < 1.29 is 9.90 Å². The van der Waals surface area contributed by atoms with E-state index >= 15 is 0 Å². The summed E-state index contributed by atoms with van der Waals surface area (Å²) in [5.41, 5.74) is 1.27. The van der Waals surface area contributed by atoms with Crippen molar-refractivity contribution in [3.8, 4) is 0 Å². The van der Waals surface area contributed by atoms with Gasteiger partial charge in [-0.3, -0.25) is 4.79 Å². The molecule has 0 radical (unpaired) electrons. The highest BCUT2D eigenvalue weighted by molar-refractivity contribution is 7.18. The second-order valence-electron chi connectivity index (χ2n) is 5.54. The van der Waals surface area contributed by atoms with Gasteiger partial charge in [0, 0.05) is 24.2 Å². The van der Waals surface area contributed by atoms with Crippen LogP contribution in [0.5, 0.6) is 0 Å². The molecule has 4 heteroatoms. The highest BCUT2D eigenvalue weighted by atomic mass is 32.1. The van der Waals surface area contributed by atoms with Gasteiger partial charge in [-0.25, -0.2) is 0 Å². The van der Waals surface area contributed by atoms with Gasteiger partial charge in [0.15, 0.2) is 0 Å². The molecule has 1 fully saturated rings. The van der Waals surface area contributed by atoms with Gasteiger partial charge in [0.2, 0.25) is 5.78 Å². The first-order chi connectivity index (χ1) is 10.6. The molecule has 2 heterocycles. The molecule has 1 aromatic carbocycles. The number of aliphatic hydroxyl groups is 1. The summed E-state index contributed by atoms with van der Waals surface area (Å²) >= 11 is 1.56. The summed E-state index contributed by atoms with van der Waals surface area (Å²) in [6.45, 7) is 5.65. The predicted octanol–water partition coefficient (Wildman–Crippen LogP) is 4.50. The van der Waals surface area contributed by atoms with Gasteiger partial charge in [-0.05, 0) is 31.4 Å². The number of ketones is 1. The molecular formula is C18H19NO2S. The van der Waals surface area contributed by atoms with E-state index in [1.165, 1.54) is 24.3 Å². The van der Waals surface area contributed by atoms with Crippen molar-refractivity contribution in [2.24, 2.45) is 0 Å². The number of benzene rings is 1. The Kier molecular flexibility index (Phi) is 4.29. The smallest absolute Gasteiger partial charge is 0.203 e. The number of hydrogen-bond acceptors (Lipinski definition) is 4. The van der Waals surface area contributed by atoms with Crippen molar-refractivity contribution in [1.29, 1.82) is 0 Å². The maximum Gasteiger partial charge on any atom is 0.203 e. The van der Waals surface area contributed by atoms with Crippen LogP contribution < -0.4 is 4.90 Å². The van der Waals surface area contributed by atoms with Crippen LogP contribution in [0.3, 0.4) is 0 Å². The molecule has 0 spiro atoms. The molecular weight excluding hydrogens is 294 g/mol. The van der Waals surface area contributed by atoms with E-state index in [1.54, 1.807) is 35.6 Å². The van der Waals surface area contributed by atoms with E-state index in [2.05, 4.69) is 11.5 Å². The third-order valence-electron chi connectivity index (χ3n) is 3.96. The van der Waals surface area contributed by atoms with E-state index < -0.39 is 0 Å². The zero-order valence-electron chi connectivity index (χ0n) is 12.4. The lowest BCUT2D eigenvalue weighted by atomic mass is 10.1. The molecule has 1 aliphatic heterocycles. The van der Waals surface area contributed by atoms with Crippen molar-refractivity contribution in [2.45, 2.75) is 19.3 Å². The van der Waals surface area contributed by atoms with Crippen LogP contribution in [-0.4, -0.2) is 24.0 Å². The van der Waals surface area contributed by atoms with Crippen LogP contribution in [0.25, 0.3) is 5.76 Å². The Labute approximate surface area is 134 Å². The van der Waals surface area contributed by atoms with Crippen LogP contribution in [0.4, 0.5) is 5.00 Å². The number of anilines is 1. The fourth-order valence-corrected chi connectivity index (χ4v) is 3.71. The molecule has 114 valence electrons. The first-order valence-corrected chi connectivity index (χ1v) is 8.34. The predicted molar refractivity (Wildman–Crippen MR) is 91.9 cm³/mol. The molecule has 0 bridgehead atoms. The number of aliphatic hydroxyl groups excluding tert-OH is 1. The third kappa shape index (κ3) is 3.07. The Bertz CT molecular complexity index is 681. The highest BCUT2D eigenvalue weighted by Crippen LogP contribution is 2.30. The molecule has 0 atom stereocenters. The number of hydrogen-bond donors (Lipinski definition) is 1. The first-order valence-electron chi connectivity index (χ1n) is 7.53. The van der Waals surface area contributed by atoms with E-state index in [-0.39, 0.29) is 11.5 Å². The largest absolute Gasteiger partial charge is 0.508 e. The molecule has 0 amide bonds. The van der Waals surface area contributed by atoms with Gasteiger partial charge in [0.05, 0.1) is 9.88 Å². The lowest BCUT2D eigenvalue weighted by molar-refractivity contribution is 0.104.